The van der Waals surface area contributed by atoms with Crippen molar-refractivity contribution in [1.82, 2.24) is 4.98 Å². The first-order valence-electron chi connectivity index (χ1n) is 5.95. The molecule has 4 nitrogen and oxygen atoms in total. The highest BCUT2D eigenvalue weighted by Gasteiger charge is 2.16. The van der Waals surface area contributed by atoms with Crippen LogP contribution >= 0.6 is 0 Å². The highest BCUT2D eigenvalue weighted by molar-refractivity contribution is 6.03. The van der Waals surface area contributed by atoms with E-state index in [1.54, 1.807) is 19.1 Å². The molecule has 0 radical (unpaired) electrons. The summed E-state index contributed by atoms with van der Waals surface area (Å²) in [6, 6.07) is 9.05. The van der Waals surface area contributed by atoms with Crippen molar-refractivity contribution >= 4 is 16.9 Å². The van der Waals surface area contributed by atoms with Crippen molar-refractivity contribution in [3.63, 3.8) is 0 Å². The molecule has 0 fully saturated rings. The maximum absolute atomic E-state index is 13.8. The van der Waals surface area contributed by atoms with E-state index in [-0.39, 0.29) is 16.5 Å². The van der Waals surface area contributed by atoms with Gasteiger partial charge in [0, 0.05) is 5.39 Å². The predicted molar refractivity (Wildman–Crippen MR) is 71.1 cm³/mol. The van der Waals surface area contributed by atoms with Gasteiger partial charge < -0.3 is 9.52 Å². The van der Waals surface area contributed by atoms with Crippen molar-refractivity contribution in [3.8, 4) is 11.5 Å². The molecule has 2 heterocycles. The van der Waals surface area contributed by atoms with Gasteiger partial charge in [0.15, 0.2) is 5.76 Å². The molecule has 1 aromatic carbocycles. The number of aromatic nitrogens is 1. The summed E-state index contributed by atoms with van der Waals surface area (Å²) in [5.74, 6) is -0.606. The Morgan fingerprint density at radius 1 is 1.30 bits per heavy atom. The number of aromatic carboxylic acids is 1. The zero-order chi connectivity index (χ0) is 14.3. The minimum absolute atomic E-state index is 0.00134. The second kappa shape index (κ2) is 4.45. The fourth-order valence-electron chi connectivity index (χ4n) is 2.09. The molecule has 0 saturated heterocycles. The molecule has 1 N–H and O–H groups in total. The lowest BCUT2D eigenvalue weighted by molar-refractivity contribution is 0.0699. The van der Waals surface area contributed by atoms with Crippen LogP contribution in [-0.4, -0.2) is 16.1 Å². The molecule has 3 rings (SSSR count). The third-order valence-electron chi connectivity index (χ3n) is 3.01. The van der Waals surface area contributed by atoms with Gasteiger partial charge in [0.05, 0.1) is 5.56 Å². The molecule has 0 spiro atoms. The lowest BCUT2D eigenvalue weighted by Crippen LogP contribution is -2.01. The van der Waals surface area contributed by atoms with Crippen molar-refractivity contribution < 1.29 is 18.7 Å². The number of nitrogens with zero attached hydrogens (tertiary/aromatic N) is 1. The molecule has 100 valence electrons. The third kappa shape index (κ3) is 1.93. The van der Waals surface area contributed by atoms with Gasteiger partial charge in [-0.3, -0.25) is 0 Å². The van der Waals surface area contributed by atoms with E-state index in [4.69, 9.17) is 4.42 Å². The van der Waals surface area contributed by atoms with E-state index in [9.17, 15) is 14.3 Å². The van der Waals surface area contributed by atoms with E-state index in [0.29, 0.717) is 17.2 Å². The first kappa shape index (κ1) is 12.3. The van der Waals surface area contributed by atoms with Gasteiger partial charge in [-0.05, 0) is 31.2 Å². The number of carbonyl (C=O) groups is 1. The minimum atomic E-state index is -1.13. The summed E-state index contributed by atoms with van der Waals surface area (Å²) in [5.41, 5.74) is 0.322. The Hall–Kier alpha value is -2.69. The number of carboxylic acids is 1. The Balaban J connectivity index is 2.35. The smallest absolute Gasteiger partial charge is 0.336 e. The van der Waals surface area contributed by atoms with Crippen LogP contribution in [0.25, 0.3) is 22.4 Å². The van der Waals surface area contributed by atoms with Crippen LogP contribution in [0.5, 0.6) is 0 Å². The standard InChI is InChI=1S/C15H10FNO3/c1-8-5-6-13(20-8)12-7-10(15(18)19)9-3-2-4-11(16)14(9)17-12/h2-7H,1H3,(H,18,19). The number of para-hydroxylation sites is 1. The largest absolute Gasteiger partial charge is 0.478 e. The summed E-state index contributed by atoms with van der Waals surface area (Å²) in [4.78, 5) is 15.5. The second-order valence-corrected chi connectivity index (χ2v) is 4.41. The molecule has 0 aliphatic rings. The number of fused-ring (bicyclic) bond motifs is 1. The SMILES string of the molecule is Cc1ccc(-c2cc(C(=O)O)c3cccc(F)c3n2)o1. The number of hydrogen-bond acceptors (Lipinski definition) is 3. The molecule has 0 saturated carbocycles. The zero-order valence-corrected chi connectivity index (χ0v) is 10.6. The van der Waals surface area contributed by atoms with Gasteiger partial charge >= 0.3 is 5.97 Å². The fraction of sp³-hybridized carbons (Fsp3) is 0.0667. The van der Waals surface area contributed by atoms with Crippen LogP contribution in [0.1, 0.15) is 16.1 Å². The van der Waals surface area contributed by atoms with Crippen LogP contribution in [0.3, 0.4) is 0 Å². The van der Waals surface area contributed by atoms with Crippen molar-refractivity contribution in [2.45, 2.75) is 6.92 Å². The summed E-state index contributed by atoms with van der Waals surface area (Å²) in [6.07, 6.45) is 0. The molecule has 3 aromatic rings. The van der Waals surface area contributed by atoms with Gasteiger partial charge in [-0.15, -0.1) is 0 Å². The van der Waals surface area contributed by atoms with E-state index in [1.165, 1.54) is 24.3 Å². The fourth-order valence-corrected chi connectivity index (χ4v) is 2.09. The highest BCUT2D eigenvalue weighted by atomic mass is 19.1. The van der Waals surface area contributed by atoms with Crippen LogP contribution in [-0.2, 0) is 0 Å². The molecule has 0 atom stereocenters. The Morgan fingerprint density at radius 2 is 2.10 bits per heavy atom. The van der Waals surface area contributed by atoms with E-state index in [2.05, 4.69) is 4.98 Å². The summed E-state index contributed by atoms with van der Waals surface area (Å²) < 4.78 is 19.3. The normalized spacial score (nSPS) is 10.9. The molecule has 0 bridgehead atoms. The Kier molecular flexibility index (Phi) is 2.75. The lowest BCUT2D eigenvalue weighted by atomic mass is 10.1. The number of carboxylic acid groups (broad SMARTS) is 1. The Morgan fingerprint density at radius 3 is 2.75 bits per heavy atom. The van der Waals surface area contributed by atoms with Gasteiger partial charge in [-0.25, -0.2) is 14.2 Å². The summed E-state index contributed by atoms with van der Waals surface area (Å²) in [6.45, 7) is 1.77. The first-order chi connectivity index (χ1) is 9.56. The molecule has 0 aliphatic carbocycles. The van der Waals surface area contributed by atoms with Crippen LogP contribution in [0.4, 0.5) is 4.39 Å². The van der Waals surface area contributed by atoms with Crippen LogP contribution < -0.4 is 0 Å². The molecule has 0 aliphatic heterocycles. The van der Waals surface area contributed by atoms with Gasteiger partial charge in [0.2, 0.25) is 0 Å². The van der Waals surface area contributed by atoms with Crippen molar-refractivity contribution in [1.29, 1.82) is 0 Å². The van der Waals surface area contributed by atoms with Crippen LogP contribution in [0.2, 0.25) is 0 Å². The van der Waals surface area contributed by atoms with Gasteiger partial charge in [0.1, 0.15) is 22.8 Å². The molecule has 0 unspecified atom stereocenters. The third-order valence-corrected chi connectivity index (χ3v) is 3.01. The van der Waals surface area contributed by atoms with E-state index >= 15 is 0 Å². The summed E-state index contributed by atoms with van der Waals surface area (Å²) >= 11 is 0. The van der Waals surface area contributed by atoms with Crippen molar-refractivity contribution in [2.75, 3.05) is 0 Å². The molecule has 0 amide bonds. The highest BCUT2D eigenvalue weighted by Crippen LogP contribution is 2.27. The number of rotatable bonds is 2. The predicted octanol–water partition coefficient (Wildman–Crippen LogP) is 3.64. The van der Waals surface area contributed by atoms with Crippen LogP contribution in [0, 0.1) is 12.7 Å². The molecule has 2 aromatic heterocycles. The number of pyridine rings is 1. The van der Waals surface area contributed by atoms with E-state index < -0.39 is 11.8 Å². The quantitative estimate of drug-likeness (QED) is 0.772. The van der Waals surface area contributed by atoms with Gasteiger partial charge in [-0.1, -0.05) is 12.1 Å². The topological polar surface area (TPSA) is 63.3 Å². The summed E-state index contributed by atoms with van der Waals surface area (Å²) in [7, 11) is 0. The second-order valence-electron chi connectivity index (χ2n) is 4.41. The lowest BCUT2D eigenvalue weighted by Gasteiger charge is -2.06. The average Bonchev–Trinajstić information content (AvgIpc) is 2.85. The Labute approximate surface area is 113 Å². The number of hydrogen-bond donors (Lipinski definition) is 1. The minimum Gasteiger partial charge on any atom is -0.478 e. The van der Waals surface area contributed by atoms with Gasteiger partial charge in [0.25, 0.3) is 0 Å². The maximum Gasteiger partial charge on any atom is 0.336 e. The Bertz CT molecular complexity index is 823. The monoisotopic (exact) mass is 271 g/mol. The van der Waals surface area contributed by atoms with Crippen molar-refractivity contribution in [2.24, 2.45) is 0 Å². The van der Waals surface area contributed by atoms with Gasteiger partial charge in [-0.2, -0.15) is 0 Å². The van der Waals surface area contributed by atoms with Crippen LogP contribution in [0.15, 0.2) is 40.8 Å². The molecular formula is C15H10FNO3. The van der Waals surface area contributed by atoms with E-state index in [1.807, 2.05) is 0 Å². The molecular weight excluding hydrogens is 261 g/mol. The number of halogens is 1. The average molecular weight is 271 g/mol. The zero-order valence-electron chi connectivity index (χ0n) is 10.6. The maximum atomic E-state index is 13.8. The molecule has 20 heavy (non-hydrogen) atoms. The van der Waals surface area contributed by atoms with Crippen molar-refractivity contribution in [3.05, 3.63) is 53.5 Å². The van der Waals surface area contributed by atoms with E-state index in [0.717, 1.165) is 0 Å². The number of aryl methyl sites for hydroxylation is 1. The number of furan rings is 1. The molecule has 5 heteroatoms. The number of benzene rings is 1. The first-order valence-corrected chi connectivity index (χ1v) is 5.95. The summed E-state index contributed by atoms with van der Waals surface area (Å²) in [5, 5.41) is 9.54.